The van der Waals surface area contributed by atoms with Gasteiger partial charge in [0.05, 0.1) is 134 Å². The Bertz CT molecular complexity index is 3070. The largest absolute Gasteiger partial charge is 0.481 e. The highest BCUT2D eigenvalue weighted by atomic mass is 32.2. The number of anilines is 1. The number of unbranched alkanes of at least 4 members (excludes halogenated alkanes) is 4. The van der Waals surface area contributed by atoms with E-state index in [1.807, 2.05) is 60.7 Å². The van der Waals surface area contributed by atoms with Crippen LogP contribution >= 0.6 is 11.8 Å². The number of nitrogens with one attached hydrogen (secondary N) is 5. The molecule has 30 heteroatoms. The molecule has 526 valence electrons. The fourth-order valence-corrected chi connectivity index (χ4v) is 11.2. The molecule has 2 aromatic heterocycles. The van der Waals surface area contributed by atoms with Crippen molar-refractivity contribution in [1.29, 1.82) is 0 Å². The van der Waals surface area contributed by atoms with Gasteiger partial charge in [0.15, 0.2) is 0 Å². The number of nitrogens with two attached hydrogens (primary N) is 1. The second kappa shape index (κ2) is 44.9. The number of hydrogen-bond acceptors (Lipinski definition) is 21. The maximum atomic E-state index is 14.4. The number of aliphatic carboxylic acids is 2. The first-order valence-corrected chi connectivity index (χ1v) is 33.5. The second-order valence-corrected chi connectivity index (χ2v) is 23.7. The molecule has 0 saturated carbocycles. The normalized spacial score (nSPS) is 14.5. The molecule has 0 saturated heterocycles. The lowest BCUT2D eigenvalue weighted by Gasteiger charge is -2.30. The van der Waals surface area contributed by atoms with Crippen LogP contribution in [0.4, 0.5) is 10.5 Å². The van der Waals surface area contributed by atoms with Gasteiger partial charge in [0.2, 0.25) is 23.6 Å². The van der Waals surface area contributed by atoms with Crippen LogP contribution in [0.3, 0.4) is 0 Å². The van der Waals surface area contributed by atoms with Gasteiger partial charge in [-0.25, -0.2) is 9.80 Å². The van der Waals surface area contributed by atoms with Gasteiger partial charge in [-0.3, -0.25) is 43.5 Å². The Morgan fingerprint density at radius 2 is 1.29 bits per heavy atom. The summed E-state index contributed by atoms with van der Waals surface area (Å²) in [5.74, 6) is -5.86. The molecule has 7 amide bonds. The van der Waals surface area contributed by atoms with E-state index in [9.17, 15) is 43.5 Å². The van der Waals surface area contributed by atoms with Crippen molar-refractivity contribution in [3.8, 4) is 0 Å². The number of benzene rings is 2. The maximum Gasteiger partial charge on any atom is 0.322 e. The number of carbonyl (C=O) groups excluding carboxylic acids is 6. The van der Waals surface area contributed by atoms with Crippen LogP contribution in [0.2, 0.25) is 0 Å². The zero-order valence-electron chi connectivity index (χ0n) is 54.6. The van der Waals surface area contributed by atoms with Gasteiger partial charge >= 0.3 is 18.0 Å². The molecule has 2 aliphatic rings. The van der Waals surface area contributed by atoms with E-state index in [0.29, 0.717) is 162 Å². The molecule has 0 bridgehead atoms. The van der Waals surface area contributed by atoms with Gasteiger partial charge in [0, 0.05) is 88.1 Å². The lowest BCUT2D eigenvalue weighted by atomic mass is 9.86. The van der Waals surface area contributed by atoms with E-state index < -0.39 is 65.9 Å². The number of aromatic nitrogens is 2. The lowest BCUT2D eigenvalue weighted by molar-refractivity contribution is -0.138. The number of carboxylic acid groups (broad SMARTS) is 2. The van der Waals surface area contributed by atoms with Crippen molar-refractivity contribution in [2.45, 2.75) is 101 Å². The lowest BCUT2D eigenvalue weighted by Crippen LogP contribution is -2.50. The minimum Gasteiger partial charge on any atom is -0.481 e. The number of pyridine rings is 2. The molecule has 2 unspecified atom stereocenters. The SMILES string of the molecule is COCCOCCOCCOCCOCCOCCOCCOCCC(=O)NCCCC[C@H](NC(=O)CNC(=O)C(CC(=O)O)SC[C@H](N)C(=O)O)C(=O)NCCCCCCN1N=C(c2ccc(NC(=O)N3Cc4ccncc4C3)cc2)CC(c2cccc3ncccc23)C1=O. The molecule has 6 rings (SSSR count). The van der Waals surface area contributed by atoms with E-state index in [-0.39, 0.29) is 62.7 Å². The molecule has 0 aliphatic carbocycles. The van der Waals surface area contributed by atoms with Crippen LogP contribution < -0.4 is 32.3 Å². The number of urea groups is 1. The molecule has 4 heterocycles. The van der Waals surface area contributed by atoms with Gasteiger partial charge < -0.3 is 85.3 Å². The standard InChI is InChI=1S/C66H93N11O18S/c1-88-26-27-90-30-31-92-34-35-94-38-39-95-37-36-93-33-32-91-29-28-89-25-19-59(78)70-20-6-4-12-56(74-60(79)43-72-63(83)58(41-61(80)81)96-46-54(67)65(85)86)62(82)71-21-5-2-3-7-24-77-64(84)53(51-10-8-13-55-52(51)11-9-22-69-55)40-57(75-77)47-14-16-50(17-15-47)73-66(87)76-44-48-18-23-68-42-49(48)45-76/h8-11,13-18,22-23,42,53-54,56,58H,2-7,12,19-21,24-41,43-46,67H2,1H3,(H,70,78)(H,71,82)(H,72,83)(H,73,87)(H,74,79)(H,80,81)(H,85,86)/t53?,54-,56-,58?/m0/s1. The van der Waals surface area contributed by atoms with Gasteiger partial charge in [-0.1, -0.05) is 43.2 Å². The van der Waals surface area contributed by atoms with Gasteiger partial charge in [-0.05, 0) is 84.7 Å². The van der Waals surface area contributed by atoms with Crippen molar-refractivity contribution in [3.63, 3.8) is 0 Å². The zero-order valence-corrected chi connectivity index (χ0v) is 55.4. The van der Waals surface area contributed by atoms with E-state index in [1.165, 1.54) is 5.01 Å². The number of hydrogen-bond donors (Lipinski definition) is 8. The molecule has 29 nitrogen and oxygen atoms in total. The third-order valence-electron chi connectivity index (χ3n) is 15.2. The predicted molar refractivity (Wildman–Crippen MR) is 356 cm³/mol. The fourth-order valence-electron chi connectivity index (χ4n) is 10.1. The monoisotopic (exact) mass is 1360 g/mol. The Kier molecular flexibility index (Phi) is 36.1. The van der Waals surface area contributed by atoms with E-state index in [4.69, 9.17) is 53.8 Å². The number of thioether (sulfide) groups is 1. The smallest absolute Gasteiger partial charge is 0.322 e. The summed E-state index contributed by atoms with van der Waals surface area (Å²) >= 11 is 0.735. The number of ether oxygens (including phenoxy) is 8. The van der Waals surface area contributed by atoms with E-state index in [2.05, 4.69) is 36.6 Å². The topological polar surface area (TPSA) is 382 Å². The number of methoxy groups -OCH3 is 1. The van der Waals surface area contributed by atoms with E-state index >= 15 is 0 Å². The van der Waals surface area contributed by atoms with Gasteiger partial charge in [0.1, 0.15) is 12.1 Å². The number of fused-ring (bicyclic) bond motifs is 2. The highest BCUT2D eigenvalue weighted by molar-refractivity contribution is 8.00. The number of nitrogens with zero attached hydrogens (tertiary/aromatic N) is 5. The van der Waals surface area contributed by atoms with Crippen molar-refractivity contribution in [3.05, 3.63) is 102 Å². The average molecular weight is 1360 g/mol. The highest BCUT2D eigenvalue weighted by Gasteiger charge is 2.34. The number of hydrazone groups is 1. The first-order valence-electron chi connectivity index (χ1n) is 32.5. The average Bonchev–Trinajstić information content (AvgIpc) is 0.919. The molecule has 2 aromatic carbocycles. The Morgan fingerprint density at radius 1 is 0.667 bits per heavy atom. The van der Waals surface area contributed by atoms with E-state index in [1.54, 1.807) is 30.6 Å². The molecule has 96 heavy (non-hydrogen) atoms. The Balaban J connectivity index is 0.905. The van der Waals surface area contributed by atoms with Crippen LogP contribution in [0, 0.1) is 0 Å². The van der Waals surface area contributed by atoms with Crippen LogP contribution in [0.15, 0.2) is 84.4 Å². The molecule has 0 radical (unpaired) electrons. The molecule has 0 fully saturated rings. The van der Waals surface area contributed by atoms with E-state index in [0.717, 1.165) is 44.9 Å². The Morgan fingerprint density at radius 3 is 1.94 bits per heavy atom. The molecule has 4 atom stereocenters. The number of carboxylic acids is 2. The van der Waals surface area contributed by atoms with Crippen molar-refractivity contribution in [1.82, 2.24) is 41.1 Å². The summed E-state index contributed by atoms with van der Waals surface area (Å²) in [5, 5.41) is 38.4. The summed E-state index contributed by atoms with van der Waals surface area (Å²) in [7, 11) is 1.62. The van der Waals surface area contributed by atoms with Crippen LogP contribution in [0.5, 0.6) is 0 Å². The van der Waals surface area contributed by atoms with Crippen molar-refractivity contribution < 1.29 is 86.5 Å². The summed E-state index contributed by atoms with van der Waals surface area (Å²) in [6.07, 6.45) is 8.58. The Hall–Kier alpha value is -7.78. The highest BCUT2D eigenvalue weighted by Crippen LogP contribution is 2.34. The van der Waals surface area contributed by atoms with Gasteiger partial charge in [-0.15, -0.1) is 11.8 Å². The number of rotatable bonds is 50. The fraction of sp³-hybridized carbons (Fsp3) is 0.561. The molecule has 0 spiro atoms. The van der Waals surface area contributed by atoms with Crippen molar-refractivity contribution in [2.24, 2.45) is 10.8 Å². The first kappa shape index (κ1) is 77.2. The second-order valence-electron chi connectivity index (χ2n) is 22.5. The Labute approximate surface area is 563 Å². The maximum absolute atomic E-state index is 14.4. The van der Waals surface area contributed by atoms with Crippen molar-refractivity contribution in [2.75, 3.05) is 143 Å². The first-order chi connectivity index (χ1) is 46.7. The number of carbonyl (C=O) groups is 8. The summed E-state index contributed by atoms with van der Waals surface area (Å²) < 4.78 is 43.2. The minimum atomic E-state index is -1.35. The third-order valence-corrected chi connectivity index (χ3v) is 16.6. The van der Waals surface area contributed by atoms with Crippen LogP contribution in [0.1, 0.15) is 92.4 Å². The quantitative estimate of drug-likeness (QED) is 0.0293. The minimum absolute atomic E-state index is 0.113. The van der Waals surface area contributed by atoms with Gasteiger partial charge in [0.25, 0.3) is 5.91 Å². The molecule has 4 aromatic rings. The molecule has 9 N–H and O–H groups in total. The summed E-state index contributed by atoms with van der Waals surface area (Å²) in [5.41, 5.74) is 11.4. The predicted octanol–water partition coefficient (Wildman–Crippen LogP) is 3.60. The molecular weight excluding hydrogens is 1270 g/mol. The number of amides is 7. The van der Waals surface area contributed by atoms with Gasteiger partial charge in [-0.2, -0.15) is 5.10 Å². The molecule has 2 aliphatic heterocycles. The summed E-state index contributed by atoms with van der Waals surface area (Å²) in [4.78, 5) is 113. The summed E-state index contributed by atoms with van der Waals surface area (Å²) in [6, 6.07) is 16.3. The summed E-state index contributed by atoms with van der Waals surface area (Å²) in [6.45, 7) is 7.51. The third kappa shape index (κ3) is 28.9. The van der Waals surface area contributed by atoms with Crippen LogP contribution in [-0.2, 0) is 84.5 Å². The van der Waals surface area contributed by atoms with Crippen LogP contribution in [0.25, 0.3) is 10.9 Å². The van der Waals surface area contributed by atoms with Crippen LogP contribution in [-0.4, -0.2) is 239 Å². The van der Waals surface area contributed by atoms with Crippen molar-refractivity contribution >= 4 is 81.6 Å². The zero-order chi connectivity index (χ0) is 68.5. The molecular formula is C66H93N11O18S.